The van der Waals surface area contributed by atoms with Gasteiger partial charge in [-0.15, -0.1) is 0 Å². The van der Waals surface area contributed by atoms with Gasteiger partial charge in [0.05, 0.1) is 28.6 Å². The molecule has 0 atom stereocenters. The van der Waals surface area contributed by atoms with Gasteiger partial charge in [-0.05, 0) is 58.1 Å². The first-order valence-electron chi connectivity index (χ1n) is 7.69. The molecule has 1 saturated carbocycles. The molecule has 1 aliphatic carbocycles. The van der Waals surface area contributed by atoms with E-state index in [0.717, 1.165) is 11.0 Å². The molecule has 5 heteroatoms. The van der Waals surface area contributed by atoms with Crippen molar-refractivity contribution >= 4 is 23.6 Å². The van der Waals surface area contributed by atoms with E-state index in [9.17, 15) is 0 Å². The Morgan fingerprint density at radius 1 is 1.14 bits per heavy atom. The third-order valence-corrected chi connectivity index (χ3v) is 5.06. The van der Waals surface area contributed by atoms with Gasteiger partial charge in [0, 0.05) is 6.04 Å². The summed E-state index contributed by atoms with van der Waals surface area (Å²) in [5.41, 5.74) is 2.66. The molecule has 110 valence electrons. The molecule has 21 heavy (non-hydrogen) atoms. The molecule has 1 saturated heterocycles. The molecule has 0 radical (unpaired) electrons. The summed E-state index contributed by atoms with van der Waals surface area (Å²) in [4.78, 5) is 4.54. The van der Waals surface area contributed by atoms with Gasteiger partial charge in [0.2, 0.25) is 0 Å². The van der Waals surface area contributed by atoms with Gasteiger partial charge < -0.3 is 13.9 Å². The molecule has 4 rings (SSSR count). The van der Waals surface area contributed by atoms with Crippen LogP contribution in [0.5, 0.6) is 0 Å². The van der Waals surface area contributed by atoms with Crippen molar-refractivity contribution in [1.82, 2.24) is 9.55 Å². The quantitative estimate of drug-likeness (QED) is 0.795. The Morgan fingerprint density at radius 2 is 1.81 bits per heavy atom. The van der Waals surface area contributed by atoms with Crippen LogP contribution in [0.25, 0.3) is 11.0 Å². The van der Waals surface area contributed by atoms with Crippen molar-refractivity contribution in [1.29, 1.82) is 0 Å². The van der Waals surface area contributed by atoms with E-state index >= 15 is 0 Å². The van der Waals surface area contributed by atoms with E-state index in [1.54, 1.807) is 0 Å². The number of nitrogens with zero attached hydrogens (tertiary/aromatic N) is 2. The normalized spacial score (nSPS) is 23.9. The Morgan fingerprint density at radius 3 is 2.43 bits per heavy atom. The molecule has 1 aliphatic heterocycles. The highest BCUT2D eigenvalue weighted by Crippen LogP contribution is 2.38. The second kappa shape index (κ2) is 4.11. The average molecular weight is 284 g/mol. The minimum atomic E-state index is -0.314. The predicted octanol–water partition coefficient (Wildman–Crippen LogP) is 2.67. The summed E-state index contributed by atoms with van der Waals surface area (Å²) in [6.07, 6.45) is 4.49. The molecular weight excluding hydrogens is 263 g/mol. The summed E-state index contributed by atoms with van der Waals surface area (Å²) in [6, 6.07) is 6.99. The monoisotopic (exact) mass is 284 g/mol. The van der Waals surface area contributed by atoms with Crippen LogP contribution >= 0.6 is 0 Å². The van der Waals surface area contributed by atoms with Gasteiger partial charge in [-0.25, -0.2) is 4.98 Å². The zero-order valence-electron chi connectivity index (χ0n) is 13.1. The predicted molar refractivity (Wildman–Crippen MR) is 83.7 cm³/mol. The van der Waals surface area contributed by atoms with E-state index in [1.165, 1.54) is 18.4 Å². The van der Waals surface area contributed by atoms with E-state index in [2.05, 4.69) is 55.4 Å². The van der Waals surface area contributed by atoms with Gasteiger partial charge in [-0.3, -0.25) is 0 Å². The molecule has 2 fully saturated rings. The van der Waals surface area contributed by atoms with Crippen molar-refractivity contribution in [3.63, 3.8) is 0 Å². The third kappa shape index (κ3) is 2.02. The highest BCUT2D eigenvalue weighted by Gasteiger charge is 2.51. The Balaban J connectivity index is 1.69. The minimum absolute atomic E-state index is 0.306. The van der Waals surface area contributed by atoms with Gasteiger partial charge in [-0.2, -0.15) is 0 Å². The van der Waals surface area contributed by atoms with Crippen LogP contribution in [0.1, 0.15) is 46.6 Å². The summed E-state index contributed by atoms with van der Waals surface area (Å²) < 4.78 is 14.5. The zero-order chi connectivity index (χ0) is 14.8. The summed E-state index contributed by atoms with van der Waals surface area (Å²) in [5.74, 6) is 0. The van der Waals surface area contributed by atoms with Crippen LogP contribution in [0.4, 0.5) is 0 Å². The lowest BCUT2D eigenvalue weighted by atomic mass is 9.79. The molecule has 2 heterocycles. The van der Waals surface area contributed by atoms with E-state index in [0.29, 0.717) is 6.04 Å². The molecule has 0 N–H and O–H groups in total. The minimum Gasteiger partial charge on any atom is -0.399 e. The highest BCUT2D eigenvalue weighted by molar-refractivity contribution is 6.62. The molecule has 1 aromatic heterocycles. The smallest absolute Gasteiger partial charge is 0.399 e. The van der Waals surface area contributed by atoms with Crippen molar-refractivity contribution in [2.45, 2.75) is 57.8 Å². The first-order valence-corrected chi connectivity index (χ1v) is 7.69. The largest absolute Gasteiger partial charge is 0.494 e. The number of benzene rings is 1. The molecule has 1 aromatic carbocycles. The fourth-order valence-electron chi connectivity index (χ4n) is 2.82. The molecule has 4 nitrogen and oxygen atoms in total. The van der Waals surface area contributed by atoms with E-state index in [1.807, 2.05) is 6.33 Å². The zero-order valence-corrected chi connectivity index (χ0v) is 13.1. The van der Waals surface area contributed by atoms with Crippen LogP contribution in [-0.4, -0.2) is 27.9 Å². The van der Waals surface area contributed by atoms with Crippen molar-refractivity contribution in [3.05, 3.63) is 24.5 Å². The van der Waals surface area contributed by atoms with Crippen LogP contribution in [0.3, 0.4) is 0 Å². The third-order valence-electron chi connectivity index (χ3n) is 5.06. The number of fused-ring (bicyclic) bond motifs is 1. The second-order valence-electron chi connectivity index (χ2n) is 7.22. The van der Waals surface area contributed by atoms with Gasteiger partial charge in [0.15, 0.2) is 0 Å². The molecular formula is C16H21BN2O2. The molecule has 0 spiro atoms. The van der Waals surface area contributed by atoms with E-state index in [4.69, 9.17) is 9.31 Å². The lowest BCUT2D eigenvalue weighted by Crippen LogP contribution is -2.41. The van der Waals surface area contributed by atoms with Crippen LogP contribution in [-0.2, 0) is 9.31 Å². The first kappa shape index (κ1) is 13.3. The fraction of sp³-hybridized carbons (Fsp3) is 0.562. The average Bonchev–Trinajstić information content (AvgIpc) is 3.11. The maximum atomic E-state index is 6.11. The van der Waals surface area contributed by atoms with Crippen molar-refractivity contribution in [3.8, 4) is 0 Å². The van der Waals surface area contributed by atoms with Crippen molar-refractivity contribution in [2.24, 2.45) is 0 Å². The molecule has 0 amide bonds. The van der Waals surface area contributed by atoms with E-state index in [-0.39, 0.29) is 18.3 Å². The SMILES string of the molecule is CC1(C)OB(c2ccc3c(c2)ncn3C2CC2)OC1(C)C. The lowest BCUT2D eigenvalue weighted by Gasteiger charge is -2.32. The van der Waals surface area contributed by atoms with Crippen molar-refractivity contribution < 1.29 is 9.31 Å². The number of rotatable bonds is 2. The van der Waals surface area contributed by atoms with Crippen molar-refractivity contribution in [2.75, 3.05) is 0 Å². The van der Waals surface area contributed by atoms with Crippen LogP contribution in [0.15, 0.2) is 24.5 Å². The molecule has 2 aliphatic rings. The standard InChI is InChI=1S/C16H21BN2O2/c1-15(2)16(3,4)21-17(20-15)11-5-8-14-13(9-11)18-10-19(14)12-6-7-12/h5,8-10,12H,6-7H2,1-4H3. The number of imidazole rings is 1. The molecule has 0 unspecified atom stereocenters. The van der Waals surface area contributed by atoms with Crippen LogP contribution in [0.2, 0.25) is 0 Å². The summed E-state index contributed by atoms with van der Waals surface area (Å²) in [5, 5.41) is 0. The maximum Gasteiger partial charge on any atom is 0.494 e. The van der Waals surface area contributed by atoms with Gasteiger partial charge in [0.25, 0.3) is 0 Å². The lowest BCUT2D eigenvalue weighted by molar-refractivity contribution is 0.00578. The Labute approximate surface area is 125 Å². The second-order valence-corrected chi connectivity index (χ2v) is 7.22. The van der Waals surface area contributed by atoms with E-state index < -0.39 is 0 Å². The molecule has 2 aromatic rings. The Kier molecular flexibility index (Phi) is 2.61. The first-order chi connectivity index (χ1) is 9.87. The topological polar surface area (TPSA) is 36.3 Å². The Hall–Kier alpha value is -1.33. The number of hydrogen-bond donors (Lipinski definition) is 0. The number of aromatic nitrogens is 2. The highest BCUT2D eigenvalue weighted by atomic mass is 16.7. The number of hydrogen-bond acceptors (Lipinski definition) is 3. The fourth-order valence-corrected chi connectivity index (χ4v) is 2.82. The van der Waals surface area contributed by atoms with Gasteiger partial charge in [-0.1, -0.05) is 6.07 Å². The summed E-state index contributed by atoms with van der Waals surface area (Å²) in [7, 11) is -0.314. The van der Waals surface area contributed by atoms with Crippen LogP contribution < -0.4 is 5.46 Å². The van der Waals surface area contributed by atoms with Crippen LogP contribution in [0, 0.1) is 0 Å². The molecule has 0 bridgehead atoms. The maximum absolute atomic E-state index is 6.11. The Bertz CT molecular complexity index is 687. The van der Waals surface area contributed by atoms with Gasteiger partial charge in [0.1, 0.15) is 0 Å². The van der Waals surface area contributed by atoms with Gasteiger partial charge >= 0.3 is 7.12 Å². The summed E-state index contributed by atoms with van der Waals surface area (Å²) in [6.45, 7) is 8.31. The summed E-state index contributed by atoms with van der Waals surface area (Å²) >= 11 is 0.